The molecule has 516 valence electrons. The van der Waals surface area contributed by atoms with Crippen molar-refractivity contribution in [3.05, 3.63) is 381 Å². The third-order valence-corrected chi connectivity index (χ3v) is 23.5. The molecule has 0 N–H and O–H groups in total. The second-order valence-corrected chi connectivity index (χ2v) is 30.1. The maximum absolute atomic E-state index is 5.28. The lowest BCUT2D eigenvalue weighted by Crippen LogP contribution is -2.24. The summed E-state index contributed by atoms with van der Waals surface area (Å²) >= 11 is 0. The van der Waals surface area contributed by atoms with Crippen molar-refractivity contribution < 1.29 is 0 Å². The SMILES string of the molecule is CC1(C)c2ccccc2-c2nc(-c3ccc4ccc5c6ccccc6ccc5c4c3)nc3cccc1c23.c1ccc(-c2cc3ccccc3c(-c3ccc4ccc5c6ccccc6ccc5c4c3)n2)cc1.c1ccc(-c2nc(-c3ccc4ccc5c6ccccc6ccc5c4c3)nc3c2-c2cccc4cccc-3c24)cc1. The van der Waals surface area contributed by atoms with Crippen molar-refractivity contribution in [3.63, 3.8) is 0 Å². The van der Waals surface area contributed by atoms with Crippen LogP contribution >= 0.6 is 0 Å². The lowest BCUT2D eigenvalue weighted by Gasteiger charge is -2.34. The van der Waals surface area contributed by atoms with Crippen molar-refractivity contribution in [3.8, 4) is 90.2 Å². The Morgan fingerprint density at radius 2 is 0.595 bits per heavy atom. The normalized spacial score (nSPS) is 12.5. The van der Waals surface area contributed by atoms with Crippen LogP contribution in [0.25, 0.3) is 220 Å². The summed E-state index contributed by atoms with van der Waals surface area (Å²) in [6.07, 6.45) is 0. The molecule has 0 atom stereocenters. The second kappa shape index (κ2) is 25.4. The lowest BCUT2D eigenvalue weighted by atomic mass is 9.70. The maximum atomic E-state index is 5.28. The molecule has 3 aromatic heterocycles. The summed E-state index contributed by atoms with van der Waals surface area (Å²) in [6.45, 7) is 4.60. The summed E-state index contributed by atoms with van der Waals surface area (Å²) in [5.41, 5.74) is 18.7. The van der Waals surface area contributed by atoms with Gasteiger partial charge in [0.05, 0.1) is 34.0 Å². The zero-order chi connectivity index (χ0) is 73.4. The first-order chi connectivity index (χ1) is 54.8. The lowest BCUT2D eigenvalue weighted by molar-refractivity contribution is 0.644. The van der Waals surface area contributed by atoms with E-state index in [1.807, 2.05) is 6.07 Å². The van der Waals surface area contributed by atoms with E-state index in [2.05, 4.69) is 378 Å². The number of hydrogen-bond acceptors (Lipinski definition) is 5. The van der Waals surface area contributed by atoms with E-state index in [0.29, 0.717) is 0 Å². The Bertz CT molecular complexity index is 7670. The molecule has 22 aromatic rings. The molecule has 0 amide bonds. The summed E-state index contributed by atoms with van der Waals surface area (Å²) in [7, 11) is 0. The van der Waals surface area contributed by atoms with Gasteiger partial charge in [-0.3, -0.25) is 0 Å². The fraction of sp³-hybridized carbons (Fsp3) is 0.0283. The molecule has 0 bridgehead atoms. The van der Waals surface area contributed by atoms with Gasteiger partial charge >= 0.3 is 0 Å². The van der Waals surface area contributed by atoms with Crippen molar-refractivity contribution in [2.24, 2.45) is 0 Å². The topological polar surface area (TPSA) is 64.5 Å². The minimum atomic E-state index is -0.0986. The van der Waals surface area contributed by atoms with Crippen LogP contribution in [-0.4, -0.2) is 24.9 Å². The monoisotopic (exact) mass is 1410 g/mol. The number of pyridine rings is 1. The Kier molecular flexibility index (Phi) is 14.6. The van der Waals surface area contributed by atoms with Crippen molar-refractivity contribution in [1.82, 2.24) is 24.9 Å². The standard InChI is InChI=1S/C38H22N2.C35H24N2.C33H21N/c1-2-9-26(10-3-1)36-35-31-14-6-11-25-12-7-15-32(34(25)31)37(35)40-38(39-36)27-17-16-24-19-20-29-28-13-5-4-8-23(28)18-21-30(29)33(24)22-27;1-35(2)29-11-6-5-10-27(29)33-32-30(35)12-7-13-31(32)36-34(37-33)23-15-14-22-17-18-25-24-9-4-3-8-21(24)16-19-26(25)28(22)20-23;1-2-9-24(10-3-1)32-21-25-11-5-7-13-28(25)33(34-32)26-15-14-23-17-18-29-27-12-6-4-8-22(27)16-19-30(29)31(23)20-26/h1-22H;3-20H,1-2H3;1-21H. The van der Waals surface area contributed by atoms with Crippen LogP contribution in [-0.2, 0) is 5.41 Å². The van der Waals surface area contributed by atoms with Gasteiger partial charge in [-0.15, -0.1) is 0 Å². The van der Waals surface area contributed by atoms with E-state index in [0.717, 1.165) is 79.0 Å². The molecule has 2 aliphatic carbocycles. The first-order valence-electron chi connectivity index (χ1n) is 38.2. The molecule has 0 aliphatic heterocycles. The van der Waals surface area contributed by atoms with Crippen molar-refractivity contribution in [1.29, 1.82) is 0 Å². The molecule has 24 rings (SSSR count). The fourth-order valence-electron chi connectivity index (χ4n) is 18.1. The molecule has 0 fully saturated rings. The molecule has 0 spiro atoms. The molecule has 0 saturated carbocycles. The number of benzene rings is 19. The van der Waals surface area contributed by atoms with E-state index in [-0.39, 0.29) is 5.41 Å². The van der Waals surface area contributed by atoms with Crippen LogP contribution in [0.2, 0.25) is 0 Å². The maximum Gasteiger partial charge on any atom is 0.160 e. The van der Waals surface area contributed by atoms with Gasteiger partial charge in [0.25, 0.3) is 0 Å². The zero-order valence-corrected chi connectivity index (χ0v) is 61.0. The summed E-state index contributed by atoms with van der Waals surface area (Å²) in [4.78, 5) is 26.1. The minimum Gasteiger partial charge on any atom is -0.247 e. The van der Waals surface area contributed by atoms with Crippen LogP contribution in [0, 0.1) is 0 Å². The van der Waals surface area contributed by atoms with Crippen LogP contribution in [0.5, 0.6) is 0 Å². The molecular weight excluding hydrogens is 1340 g/mol. The van der Waals surface area contributed by atoms with Gasteiger partial charge in [-0.2, -0.15) is 0 Å². The van der Waals surface area contributed by atoms with E-state index in [4.69, 9.17) is 24.9 Å². The number of aromatic nitrogens is 5. The summed E-state index contributed by atoms with van der Waals surface area (Å²) in [6, 6.07) is 133. The highest BCUT2D eigenvalue weighted by Gasteiger charge is 2.35. The van der Waals surface area contributed by atoms with Crippen molar-refractivity contribution in [2.45, 2.75) is 19.3 Å². The highest BCUT2D eigenvalue weighted by Crippen LogP contribution is 2.52. The quantitative estimate of drug-likeness (QED) is 0.161. The van der Waals surface area contributed by atoms with E-state index in [1.165, 1.54) is 152 Å². The summed E-state index contributed by atoms with van der Waals surface area (Å²) in [5.74, 6) is 1.52. The predicted octanol–water partition coefficient (Wildman–Crippen LogP) is 28.2. The summed E-state index contributed by atoms with van der Waals surface area (Å²) in [5, 5.41) is 28.7. The highest BCUT2D eigenvalue weighted by molar-refractivity contribution is 6.22. The van der Waals surface area contributed by atoms with Gasteiger partial charge in [0.15, 0.2) is 11.6 Å². The average molecular weight is 1410 g/mol. The van der Waals surface area contributed by atoms with Crippen LogP contribution in [0.3, 0.4) is 0 Å². The van der Waals surface area contributed by atoms with Crippen LogP contribution in [0.1, 0.15) is 25.0 Å². The van der Waals surface area contributed by atoms with E-state index < -0.39 is 0 Å². The smallest absolute Gasteiger partial charge is 0.160 e. The van der Waals surface area contributed by atoms with Gasteiger partial charge in [-0.05, 0) is 160 Å². The second-order valence-electron chi connectivity index (χ2n) is 30.1. The molecule has 0 unspecified atom stereocenters. The van der Waals surface area contributed by atoms with Crippen LogP contribution in [0.4, 0.5) is 0 Å². The van der Waals surface area contributed by atoms with Crippen LogP contribution < -0.4 is 0 Å². The van der Waals surface area contributed by atoms with Gasteiger partial charge in [0, 0.05) is 60.7 Å². The number of hydrogen-bond donors (Lipinski definition) is 0. The Balaban J connectivity index is 0.000000103. The molecule has 2 aliphatic rings. The van der Waals surface area contributed by atoms with E-state index in [1.54, 1.807) is 0 Å². The molecule has 5 heteroatoms. The first kappa shape index (κ1) is 63.8. The molecule has 0 saturated heterocycles. The Labute approximate surface area is 640 Å². The van der Waals surface area contributed by atoms with Gasteiger partial charge in [0.2, 0.25) is 0 Å². The largest absolute Gasteiger partial charge is 0.247 e. The average Bonchev–Trinajstić information content (AvgIpc) is 1.51. The van der Waals surface area contributed by atoms with Crippen molar-refractivity contribution >= 4 is 129 Å². The number of nitrogens with zero attached hydrogens (tertiary/aromatic N) is 5. The molecule has 111 heavy (non-hydrogen) atoms. The predicted molar refractivity (Wildman–Crippen MR) is 468 cm³/mol. The fourth-order valence-corrected chi connectivity index (χ4v) is 18.1. The summed E-state index contributed by atoms with van der Waals surface area (Å²) < 4.78 is 0. The van der Waals surface area contributed by atoms with Gasteiger partial charge in [0.1, 0.15) is 0 Å². The molecule has 5 nitrogen and oxygen atoms in total. The first-order valence-corrected chi connectivity index (χ1v) is 38.2. The van der Waals surface area contributed by atoms with Gasteiger partial charge in [-0.1, -0.05) is 354 Å². The highest BCUT2D eigenvalue weighted by atomic mass is 14.9. The van der Waals surface area contributed by atoms with E-state index in [9.17, 15) is 0 Å². The zero-order valence-electron chi connectivity index (χ0n) is 61.0. The number of fused-ring (bicyclic) bond motifs is 21. The van der Waals surface area contributed by atoms with Gasteiger partial charge in [-0.25, -0.2) is 24.9 Å². The Morgan fingerprint density at radius 1 is 0.198 bits per heavy atom. The Morgan fingerprint density at radius 3 is 1.17 bits per heavy atom. The molecule has 19 aromatic carbocycles. The van der Waals surface area contributed by atoms with Crippen molar-refractivity contribution in [2.75, 3.05) is 0 Å². The Hall–Kier alpha value is -14.4. The molecule has 3 heterocycles. The van der Waals surface area contributed by atoms with E-state index >= 15 is 0 Å². The third-order valence-electron chi connectivity index (χ3n) is 23.5. The number of rotatable bonds is 5. The minimum absolute atomic E-state index is 0.0986. The molecule has 0 radical (unpaired) electrons. The third kappa shape index (κ3) is 10.4. The molecular formula is C106H67N5. The van der Waals surface area contributed by atoms with Crippen LogP contribution in [0.15, 0.2) is 370 Å². The van der Waals surface area contributed by atoms with Gasteiger partial charge < -0.3 is 0 Å².